The molecule has 0 atom stereocenters. The lowest BCUT2D eigenvalue weighted by Gasteiger charge is -2.30. The van der Waals surface area contributed by atoms with Crippen LogP contribution in [0, 0.1) is 0 Å². The van der Waals surface area contributed by atoms with Gasteiger partial charge in [0.1, 0.15) is 0 Å². The summed E-state index contributed by atoms with van der Waals surface area (Å²) in [4.78, 5) is 15.0. The molecule has 0 fully saturated rings. The van der Waals surface area contributed by atoms with E-state index in [1.54, 1.807) is 14.2 Å². The molecule has 2 heterocycles. The predicted octanol–water partition coefficient (Wildman–Crippen LogP) is 3.99. The molecule has 4 rings (SSSR count). The van der Waals surface area contributed by atoms with E-state index >= 15 is 0 Å². The Morgan fingerprint density at radius 1 is 0.929 bits per heavy atom. The maximum atomic E-state index is 13.1. The largest absolute Gasteiger partial charge is 0.493 e. The van der Waals surface area contributed by atoms with Crippen molar-refractivity contribution >= 4 is 17.3 Å². The molecule has 0 bridgehead atoms. The van der Waals surface area contributed by atoms with Crippen LogP contribution in [0.4, 0.5) is 11.4 Å². The summed E-state index contributed by atoms with van der Waals surface area (Å²) in [5, 5.41) is 6.73. The zero-order chi connectivity index (χ0) is 19.8. The number of amides is 1. The standard InChI is InChI=1S/C22H25N3O3/c1-13-14(2)24-19-9-16(5-6-18(19)23-13)22(26)25-8-7-15-10-20(27-3)21(28-4)11-17(15)12-25/h5-6,9-11,23-24H,7-8,12H2,1-4H3. The molecule has 0 unspecified atom stereocenters. The van der Waals surface area contributed by atoms with Crippen molar-refractivity contribution in [2.24, 2.45) is 0 Å². The van der Waals surface area contributed by atoms with E-state index in [9.17, 15) is 4.79 Å². The lowest BCUT2D eigenvalue weighted by atomic mass is 9.98. The highest BCUT2D eigenvalue weighted by molar-refractivity contribution is 5.97. The summed E-state index contributed by atoms with van der Waals surface area (Å²) in [7, 11) is 3.27. The maximum Gasteiger partial charge on any atom is 0.254 e. The van der Waals surface area contributed by atoms with Crippen molar-refractivity contribution in [1.29, 1.82) is 0 Å². The van der Waals surface area contributed by atoms with Gasteiger partial charge >= 0.3 is 0 Å². The number of carbonyl (C=O) groups is 1. The Balaban J connectivity index is 1.57. The number of hydrogen-bond acceptors (Lipinski definition) is 5. The summed E-state index contributed by atoms with van der Waals surface area (Å²) >= 11 is 0. The van der Waals surface area contributed by atoms with Crippen LogP contribution in [0.25, 0.3) is 0 Å². The Morgan fingerprint density at radius 2 is 1.57 bits per heavy atom. The van der Waals surface area contributed by atoms with Crippen molar-refractivity contribution in [3.8, 4) is 11.5 Å². The highest BCUT2D eigenvalue weighted by Crippen LogP contribution is 2.34. The Hall–Kier alpha value is -3.15. The van der Waals surface area contributed by atoms with Gasteiger partial charge in [-0.2, -0.15) is 0 Å². The van der Waals surface area contributed by atoms with Gasteiger partial charge in [-0.3, -0.25) is 4.79 Å². The Bertz CT molecular complexity index is 981. The molecule has 0 radical (unpaired) electrons. The van der Waals surface area contributed by atoms with Crippen molar-refractivity contribution in [2.45, 2.75) is 26.8 Å². The van der Waals surface area contributed by atoms with Crippen LogP contribution >= 0.6 is 0 Å². The van der Waals surface area contributed by atoms with Crippen LogP contribution in [0.3, 0.4) is 0 Å². The summed E-state index contributed by atoms with van der Waals surface area (Å²) in [5.74, 6) is 1.46. The van der Waals surface area contributed by atoms with Crippen LogP contribution in [0.2, 0.25) is 0 Å². The number of anilines is 2. The second kappa shape index (κ2) is 7.11. The second-order valence-electron chi connectivity index (χ2n) is 7.21. The summed E-state index contributed by atoms with van der Waals surface area (Å²) in [6.07, 6.45) is 0.799. The van der Waals surface area contributed by atoms with E-state index in [2.05, 4.69) is 10.6 Å². The first kappa shape index (κ1) is 18.2. The number of allylic oxidation sites excluding steroid dienone is 2. The zero-order valence-corrected chi connectivity index (χ0v) is 16.7. The molecule has 28 heavy (non-hydrogen) atoms. The van der Waals surface area contributed by atoms with E-state index in [-0.39, 0.29) is 5.91 Å². The first-order valence-corrected chi connectivity index (χ1v) is 9.38. The van der Waals surface area contributed by atoms with Gasteiger partial charge in [0, 0.05) is 30.0 Å². The van der Waals surface area contributed by atoms with Crippen molar-refractivity contribution in [1.82, 2.24) is 4.90 Å². The average molecular weight is 379 g/mol. The molecule has 2 aliphatic heterocycles. The average Bonchev–Trinajstić information content (AvgIpc) is 2.72. The smallest absolute Gasteiger partial charge is 0.254 e. The minimum Gasteiger partial charge on any atom is -0.493 e. The number of ether oxygens (including phenoxy) is 2. The van der Waals surface area contributed by atoms with Crippen molar-refractivity contribution in [3.05, 3.63) is 58.4 Å². The first-order valence-electron chi connectivity index (χ1n) is 9.38. The predicted molar refractivity (Wildman–Crippen MR) is 110 cm³/mol. The summed E-state index contributed by atoms with van der Waals surface area (Å²) in [6.45, 7) is 5.29. The molecule has 0 saturated carbocycles. The molecule has 2 aromatic rings. The van der Waals surface area contributed by atoms with Gasteiger partial charge in [-0.1, -0.05) is 0 Å². The molecule has 2 aromatic carbocycles. The number of nitrogens with one attached hydrogen (secondary N) is 2. The molecule has 2 N–H and O–H groups in total. The van der Waals surface area contributed by atoms with E-state index in [1.165, 1.54) is 5.56 Å². The third kappa shape index (κ3) is 3.15. The molecule has 1 amide bonds. The van der Waals surface area contributed by atoms with Gasteiger partial charge in [0.2, 0.25) is 0 Å². The highest BCUT2D eigenvalue weighted by Gasteiger charge is 2.24. The molecule has 2 aliphatic rings. The number of benzene rings is 2. The molecule has 6 nitrogen and oxygen atoms in total. The van der Waals surface area contributed by atoms with Crippen LogP contribution in [0.15, 0.2) is 41.7 Å². The van der Waals surface area contributed by atoms with Crippen LogP contribution in [0.5, 0.6) is 11.5 Å². The highest BCUT2D eigenvalue weighted by atomic mass is 16.5. The zero-order valence-electron chi connectivity index (χ0n) is 16.7. The SMILES string of the molecule is COc1cc2c(cc1OC)CN(C(=O)c1ccc3c(c1)NC(C)=C(C)N3)CC2. The van der Waals surface area contributed by atoms with Crippen molar-refractivity contribution in [2.75, 3.05) is 31.4 Å². The number of hydrogen-bond donors (Lipinski definition) is 2. The molecular formula is C22H25N3O3. The van der Waals surface area contributed by atoms with Gasteiger partial charge in [-0.15, -0.1) is 0 Å². The third-order valence-corrected chi connectivity index (χ3v) is 5.48. The minimum atomic E-state index is 0.0361. The van der Waals surface area contributed by atoms with Crippen molar-refractivity contribution in [3.63, 3.8) is 0 Å². The second-order valence-corrected chi connectivity index (χ2v) is 7.21. The molecule has 0 aromatic heterocycles. The Kier molecular flexibility index (Phi) is 4.63. The monoisotopic (exact) mass is 379 g/mol. The van der Waals surface area contributed by atoms with Crippen LogP contribution < -0.4 is 20.1 Å². The summed E-state index contributed by atoms with van der Waals surface area (Å²) in [6, 6.07) is 9.75. The molecule has 0 saturated heterocycles. The fourth-order valence-electron chi connectivity index (χ4n) is 3.72. The number of carbonyl (C=O) groups excluding carboxylic acids is 1. The van der Waals surface area contributed by atoms with E-state index in [0.717, 1.165) is 40.5 Å². The van der Waals surface area contributed by atoms with E-state index < -0.39 is 0 Å². The number of rotatable bonds is 3. The number of fused-ring (bicyclic) bond motifs is 2. The lowest BCUT2D eigenvalue weighted by Crippen LogP contribution is -2.36. The number of nitrogens with zero attached hydrogens (tertiary/aromatic N) is 1. The fourth-order valence-corrected chi connectivity index (χ4v) is 3.72. The van der Waals surface area contributed by atoms with E-state index in [4.69, 9.17) is 9.47 Å². The van der Waals surface area contributed by atoms with Crippen LogP contribution in [0.1, 0.15) is 35.3 Å². The molecule has 6 heteroatoms. The Labute approximate surface area is 165 Å². The molecular weight excluding hydrogens is 354 g/mol. The lowest BCUT2D eigenvalue weighted by molar-refractivity contribution is 0.0734. The topological polar surface area (TPSA) is 62.8 Å². The van der Waals surface area contributed by atoms with Crippen LogP contribution in [-0.2, 0) is 13.0 Å². The fraction of sp³-hybridized carbons (Fsp3) is 0.318. The van der Waals surface area contributed by atoms with Gasteiger partial charge in [0.15, 0.2) is 11.5 Å². The third-order valence-electron chi connectivity index (χ3n) is 5.48. The minimum absolute atomic E-state index is 0.0361. The Morgan fingerprint density at radius 3 is 2.25 bits per heavy atom. The maximum absolute atomic E-state index is 13.1. The number of methoxy groups -OCH3 is 2. The molecule has 146 valence electrons. The van der Waals surface area contributed by atoms with Crippen molar-refractivity contribution < 1.29 is 14.3 Å². The first-order chi connectivity index (χ1) is 13.5. The van der Waals surface area contributed by atoms with Gasteiger partial charge in [-0.05, 0) is 61.7 Å². The van der Waals surface area contributed by atoms with Gasteiger partial charge in [0.25, 0.3) is 5.91 Å². The van der Waals surface area contributed by atoms with E-state index in [0.29, 0.717) is 24.4 Å². The molecule has 0 aliphatic carbocycles. The van der Waals surface area contributed by atoms with Crippen LogP contribution in [-0.4, -0.2) is 31.6 Å². The summed E-state index contributed by atoms with van der Waals surface area (Å²) < 4.78 is 10.8. The van der Waals surface area contributed by atoms with E-state index in [1.807, 2.05) is 49.1 Å². The molecule has 0 spiro atoms. The summed E-state index contributed by atoms with van der Waals surface area (Å²) in [5.41, 5.74) is 7.05. The van der Waals surface area contributed by atoms with Gasteiger partial charge in [-0.25, -0.2) is 0 Å². The normalized spacial score (nSPS) is 15.2. The quantitative estimate of drug-likeness (QED) is 0.844. The van der Waals surface area contributed by atoms with Gasteiger partial charge < -0.3 is 25.0 Å². The van der Waals surface area contributed by atoms with Gasteiger partial charge in [0.05, 0.1) is 25.6 Å².